The minimum Gasteiger partial charge on any atom is -0.410 e. The van der Waals surface area contributed by atoms with Crippen molar-refractivity contribution < 1.29 is 5.21 Å². The molecule has 0 saturated carbocycles. The molecule has 0 aliphatic heterocycles. The lowest BCUT2D eigenvalue weighted by Crippen LogP contribution is -2.09. The van der Waals surface area contributed by atoms with Crippen molar-refractivity contribution in [2.45, 2.75) is 6.92 Å². The van der Waals surface area contributed by atoms with Gasteiger partial charge in [0.2, 0.25) is 0 Å². The number of benzene rings is 1. The molecule has 0 saturated heterocycles. The van der Waals surface area contributed by atoms with Gasteiger partial charge >= 0.3 is 0 Å². The average Bonchev–Trinajstić information content (AvgIpc) is 2.64. The van der Waals surface area contributed by atoms with Crippen LogP contribution in [-0.2, 0) is 7.05 Å². The first-order valence-electron chi connectivity index (χ1n) is 5.00. The second-order valence-corrected chi connectivity index (χ2v) is 3.56. The first kappa shape index (κ1) is 10.4. The lowest BCUT2D eigenvalue weighted by atomic mass is 10.1. The Hall–Kier alpha value is -2.10. The summed E-state index contributed by atoms with van der Waals surface area (Å²) in [7, 11) is 1.89. The molecule has 0 radical (unpaired) electrons. The molecule has 4 heteroatoms. The van der Waals surface area contributed by atoms with Gasteiger partial charge in [-0.2, -0.15) is 0 Å². The van der Waals surface area contributed by atoms with Crippen molar-refractivity contribution in [1.29, 1.82) is 0 Å². The van der Waals surface area contributed by atoms with Crippen LogP contribution in [0.5, 0.6) is 0 Å². The highest BCUT2D eigenvalue weighted by Gasteiger charge is 2.12. The average molecular weight is 215 g/mol. The second kappa shape index (κ2) is 4.18. The Balaban J connectivity index is 2.50. The molecule has 1 heterocycles. The van der Waals surface area contributed by atoms with Crippen LogP contribution in [0.1, 0.15) is 17.1 Å². The molecule has 4 nitrogen and oxygen atoms in total. The van der Waals surface area contributed by atoms with E-state index in [9.17, 15) is 0 Å². The molecule has 0 fully saturated rings. The molecule has 0 aliphatic carbocycles. The van der Waals surface area contributed by atoms with Crippen molar-refractivity contribution in [3.63, 3.8) is 0 Å². The minimum absolute atomic E-state index is 0.531. The topological polar surface area (TPSA) is 50.4 Å². The Morgan fingerprint density at radius 3 is 2.50 bits per heavy atom. The third-order valence-corrected chi connectivity index (χ3v) is 2.61. The summed E-state index contributed by atoms with van der Waals surface area (Å²) in [6.45, 7) is 1.91. The van der Waals surface area contributed by atoms with Crippen LogP contribution in [0.4, 0.5) is 0 Å². The summed E-state index contributed by atoms with van der Waals surface area (Å²) in [6.07, 6.45) is 1.71. The Morgan fingerprint density at radius 1 is 1.31 bits per heavy atom. The van der Waals surface area contributed by atoms with Crippen LogP contribution >= 0.6 is 0 Å². The van der Waals surface area contributed by atoms with Crippen molar-refractivity contribution in [3.05, 3.63) is 53.6 Å². The first-order chi connectivity index (χ1) is 7.74. The van der Waals surface area contributed by atoms with Gasteiger partial charge < -0.3 is 9.77 Å². The zero-order chi connectivity index (χ0) is 11.5. The molecular weight excluding hydrogens is 202 g/mol. The molecule has 0 bridgehead atoms. The van der Waals surface area contributed by atoms with Crippen molar-refractivity contribution in [2.75, 3.05) is 0 Å². The van der Waals surface area contributed by atoms with Crippen LogP contribution in [-0.4, -0.2) is 20.5 Å². The van der Waals surface area contributed by atoms with Crippen molar-refractivity contribution >= 4 is 5.71 Å². The summed E-state index contributed by atoms with van der Waals surface area (Å²) in [6, 6.07) is 9.54. The first-order valence-corrected chi connectivity index (χ1v) is 5.00. The Labute approximate surface area is 93.9 Å². The molecule has 1 aromatic carbocycles. The minimum atomic E-state index is 0.531. The number of hydrogen-bond donors (Lipinski definition) is 1. The van der Waals surface area contributed by atoms with Gasteiger partial charge in [-0.3, -0.25) is 0 Å². The van der Waals surface area contributed by atoms with E-state index in [4.69, 9.17) is 5.21 Å². The molecule has 0 unspecified atom stereocenters. The maximum absolute atomic E-state index is 9.11. The number of hydrogen-bond acceptors (Lipinski definition) is 3. The van der Waals surface area contributed by atoms with E-state index in [1.807, 2.05) is 48.9 Å². The van der Waals surface area contributed by atoms with Gasteiger partial charge in [-0.05, 0) is 6.92 Å². The highest BCUT2D eigenvalue weighted by Crippen LogP contribution is 2.11. The van der Waals surface area contributed by atoms with Crippen molar-refractivity contribution in [2.24, 2.45) is 12.2 Å². The predicted molar refractivity (Wildman–Crippen MR) is 61.8 cm³/mol. The Morgan fingerprint density at radius 2 is 2.00 bits per heavy atom. The number of nitrogens with zero attached hydrogens (tertiary/aromatic N) is 3. The van der Waals surface area contributed by atoms with Gasteiger partial charge in [0.15, 0.2) is 0 Å². The summed E-state index contributed by atoms with van der Waals surface area (Å²) in [5, 5.41) is 12.5. The molecule has 82 valence electrons. The lowest BCUT2D eigenvalue weighted by molar-refractivity contribution is 0.319. The van der Waals surface area contributed by atoms with Gasteiger partial charge in [0.1, 0.15) is 11.5 Å². The molecule has 2 aromatic rings. The molecule has 0 amide bonds. The van der Waals surface area contributed by atoms with Crippen LogP contribution in [0.15, 0.2) is 41.7 Å². The van der Waals surface area contributed by atoms with Crippen LogP contribution in [0.3, 0.4) is 0 Å². The number of imidazole rings is 1. The van der Waals surface area contributed by atoms with E-state index < -0.39 is 0 Å². The van der Waals surface area contributed by atoms with E-state index in [1.165, 1.54) is 0 Å². The standard InChI is InChI=1S/C12H13N3O/c1-9-13-8-11(15(9)2)12(14-16)10-6-4-3-5-7-10/h3-8,16H,1-2H3. The van der Waals surface area contributed by atoms with Crippen LogP contribution in [0, 0.1) is 6.92 Å². The number of oxime groups is 1. The quantitative estimate of drug-likeness (QED) is 0.473. The Bertz CT molecular complexity index is 514. The number of aryl methyl sites for hydroxylation is 1. The van der Waals surface area contributed by atoms with Crippen LogP contribution < -0.4 is 0 Å². The smallest absolute Gasteiger partial charge is 0.135 e. The molecule has 0 aliphatic rings. The monoisotopic (exact) mass is 215 g/mol. The van der Waals surface area contributed by atoms with Gasteiger partial charge in [0.25, 0.3) is 0 Å². The molecule has 16 heavy (non-hydrogen) atoms. The summed E-state index contributed by atoms with van der Waals surface area (Å²) >= 11 is 0. The van der Waals surface area contributed by atoms with Gasteiger partial charge in [0.05, 0.1) is 11.9 Å². The molecule has 1 aromatic heterocycles. The normalized spacial score (nSPS) is 11.8. The fourth-order valence-corrected chi connectivity index (χ4v) is 1.57. The third-order valence-electron chi connectivity index (χ3n) is 2.61. The van der Waals surface area contributed by atoms with Crippen LogP contribution in [0.25, 0.3) is 0 Å². The van der Waals surface area contributed by atoms with Gasteiger partial charge in [-0.1, -0.05) is 35.5 Å². The maximum Gasteiger partial charge on any atom is 0.135 e. The van der Waals surface area contributed by atoms with E-state index in [0.717, 1.165) is 17.1 Å². The lowest BCUT2D eigenvalue weighted by Gasteiger charge is -2.05. The van der Waals surface area contributed by atoms with Crippen LogP contribution in [0.2, 0.25) is 0 Å². The predicted octanol–water partition coefficient (Wildman–Crippen LogP) is 1.96. The second-order valence-electron chi connectivity index (χ2n) is 3.56. The van der Waals surface area contributed by atoms with Gasteiger partial charge in [-0.15, -0.1) is 0 Å². The van der Waals surface area contributed by atoms with Gasteiger partial charge in [-0.25, -0.2) is 4.98 Å². The van der Waals surface area contributed by atoms with E-state index >= 15 is 0 Å². The highest BCUT2D eigenvalue weighted by atomic mass is 16.4. The largest absolute Gasteiger partial charge is 0.410 e. The summed E-state index contributed by atoms with van der Waals surface area (Å²) in [4.78, 5) is 4.18. The molecule has 1 N–H and O–H groups in total. The van der Waals surface area contributed by atoms with E-state index in [2.05, 4.69) is 10.1 Å². The summed E-state index contributed by atoms with van der Waals surface area (Å²) in [5.74, 6) is 0.882. The van der Waals surface area contributed by atoms with E-state index in [0.29, 0.717) is 5.71 Å². The van der Waals surface area contributed by atoms with Gasteiger partial charge in [0, 0.05) is 12.6 Å². The van der Waals surface area contributed by atoms with Crippen molar-refractivity contribution in [1.82, 2.24) is 9.55 Å². The van der Waals surface area contributed by atoms with Crippen molar-refractivity contribution in [3.8, 4) is 0 Å². The molecule has 0 spiro atoms. The summed E-state index contributed by atoms with van der Waals surface area (Å²) in [5.41, 5.74) is 2.20. The fourth-order valence-electron chi connectivity index (χ4n) is 1.57. The Kier molecular flexibility index (Phi) is 2.72. The zero-order valence-electron chi connectivity index (χ0n) is 9.25. The summed E-state index contributed by atoms with van der Waals surface area (Å²) < 4.78 is 1.89. The van der Waals surface area contributed by atoms with E-state index in [1.54, 1.807) is 6.20 Å². The SMILES string of the molecule is Cc1ncc(C(=NO)c2ccccc2)n1C. The highest BCUT2D eigenvalue weighted by molar-refractivity contribution is 6.11. The third kappa shape index (κ3) is 1.69. The molecule has 0 atom stereocenters. The van der Waals surface area contributed by atoms with E-state index in [-0.39, 0.29) is 0 Å². The maximum atomic E-state index is 9.11. The zero-order valence-corrected chi connectivity index (χ0v) is 9.25. The number of aromatic nitrogens is 2. The fraction of sp³-hybridized carbons (Fsp3) is 0.167. The number of rotatable bonds is 2. The molecule has 2 rings (SSSR count). The molecular formula is C12H13N3O.